The van der Waals surface area contributed by atoms with E-state index in [2.05, 4.69) is 30.2 Å². The molecule has 1 unspecified atom stereocenters. The molecule has 0 radical (unpaired) electrons. The Bertz CT molecular complexity index is 368. The van der Waals surface area contributed by atoms with Crippen molar-refractivity contribution in [1.29, 1.82) is 5.26 Å². The van der Waals surface area contributed by atoms with Gasteiger partial charge in [0, 0.05) is 12.7 Å². The van der Waals surface area contributed by atoms with E-state index in [1.54, 1.807) is 6.20 Å². The van der Waals surface area contributed by atoms with Gasteiger partial charge in [0.15, 0.2) is 5.69 Å². The summed E-state index contributed by atoms with van der Waals surface area (Å²) in [6, 6.07) is 5.88. The zero-order valence-corrected chi connectivity index (χ0v) is 10.7. The second-order valence-corrected chi connectivity index (χ2v) is 4.31. The lowest BCUT2D eigenvalue weighted by molar-refractivity contribution is 0.472. The van der Waals surface area contributed by atoms with Gasteiger partial charge in [-0.2, -0.15) is 5.26 Å². The third kappa shape index (κ3) is 4.44. The normalized spacial score (nSPS) is 11.8. The average molecular weight is 231 g/mol. The van der Waals surface area contributed by atoms with Crippen LogP contribution in [0.1, 0.15) is 45.2 Å². The number of aromatic nitrogens is 1. The summed E-state index contributed by atoms with van der Waals surface area (Å²) in [6.07, 6.45) is 6.60. The highest BCUT2D eigenvalue weighted by atomic mass is 14.9. The maximum atomic E-state index is 8.93. The first-order valence-corrected chi connectivity index (χ1v) is 6.40. The Hall–Kier alpha value is -1.56. The second-order valence-electron chi connectivity index (χ2n) is 4.31. The first-order valence-electron chi connectivity index (χ1n) is 6.40. The standard InChI is InChI=1S/C14H21N3/c1-3-5-7-12(4-2)11-17-13-8-6-9-16-14(13)10-15/h6,8-9,12,17H,3-5,7,11H2,1-2H3. The van der Waals surface area contributed by atoms with Crippen molar-refractivity contribution in [3.63, 3.8) is 0 Å². The summed E-state index contributed by atoms with van der Waals surface area (Å²) < 4.78 is 0. The van der Waals surface area contributed by atoms with Crippen LogP contribution in [-0.2, 0) is 0 Å². The fourth-order valence-electron chi connectivity index (χ4n) is 1.83. The first kappa shape index (κ1) is 13.5. The average Bonchev–Trinajstić information content (AvgIpc) is 2.39. The molecule has 0 aliphatic heterocycles. The molecule has 1 aromatic heterocycles. The van der Waals surface area contributed by atoms with Gasteiger partial charge in [0.25, 0.3) is 0 Å². The number of rotatable bonds is 7. The highest BCUT2D eigenvalue weighted by molar-refractivity contribution is 5.53. The smallest absolute Gasteiger partial charge is 0.163 e. The fraction of sp³-hybridized carbons (Fsp3) is 0.571. The van der Waals surface area contributed by atoms with E-state index in [1.165, 1.54) is 25.7 Å². The summed E-state index contributed by atoms with van der Waals surface area (Å²) in [4.78, 5) is 4.04. The molecule has 3 heteroatoms. The minimum absolute atomic E-state index is 0.484. The van der Waals surface area contributed by atoms with Gasteiger partial charge in [-0.3, -0.25) is 0 Å². The number of nitrogens with zero attached hydrogens (tertiary/aromatic N) is 2. The number of hydrogen-bond donors (Lipinski definition) is 1. The monoisotopic (exact) mass is 231 g/mol. The molecule has 92 valence electrons. The van der Waals surface area contributed by atoms with Gasteiger partial charge in [-0.1, -0.05) is 33.1 Å². The molecular formula is C14H21N3. The highest BCUT2D eigenvalue weighted by Gasteiger charge is 2.07. The lowest BCUT2D eigenvalue weighted by atomic mass is 9.99. The molecule has 0 saturated heterocycles. The van der Waals surface area contributed by atoms with E-state index in [4.69, 9.17) is 5.26 Å². The molecule has 0 saturated carbocycles. The summed E-state index contributed by atoms with van der Waals surface area (Å²) in [5, 5.41) is 12.3. The molecule has 0 bridgehead atoms. The first-order chi connectivity index (χ1) is 8.31. The topological polar surface area (TPSA) is 48.7 Å². The van der Waals surface area contributed by atoms with Gasteiger partial charge in [-0.15, -0.1) is 0 Å². The number of pyridine rings is 1. The van der Waals surface area contributed by atoms with Crippen molar-refractivity contribution in [2.24, 2.45) is 5.92 Å². The zero-order chi connectivity index (χ0) is 12.5. The molecule has 1 heterocycles. The van der Waals surface area contributed by atoms with Gasteiger partial charge in [-0.25, -0.2) is 4.98 Å². The lowest BCUT2D eigenvalue weighted by Crippen LogP contribution is -2.14. The number of anilines is 1. The summed E-state index contributed by atoms with van der Waals surface area (Å²) in [6.45, 7) is 5.36. The van der Waals surface area contributed by atoms with E-state index >= 15 is 0 Å². The van der Waals surface area contributed by atoms with Crippen LogP contribution in [0.15, 0.2) is 18.3 Å². The Morgan fingerprint density at radius 2 is 2.29 bits per heavy atom. The van der Waals surface area contributed by atoms with E-state index in [9.17, 15) is 0 Å². The Morgan fingerprint density at radius 3 is 2.94 bits per heavy atom. The zero-order valence-electron chi connectivity index (χ0n) is 10.7. The Kier molecular flexibility index (Phi) is 6.09. The lowest BCUT2D eigenvalue weighted by Gasteiger charge is -2.16. The van der Waals surface area contributed by atoms with Crippen molar-refractivity contribution >= 4 is 5.69 Å². The van der Waals surface area contributed by atoms with Crippen LogP contribution in [-0.4, -0.2) is 11.5 Å². The van der Waals surface area contributed by atoms with Crippen LogP contribution in [0, 0.1) is 17.2 Å². The minimum atomic E-state index is 0.484. The van der Waals surface area contributed by atoms with E-state index in [-0.39, 0.29) is 0 Å². The molecule has 0 spiro atoms. The quantitative estimate of drug-likeness (QED) is 0.780. The molecule has 17 heavy (non-hydrogen) atoms. The van der Waals surface area contributed by atoms with Crippen LogP contribution in [0.25, 0.3) is 0 Å². The van der Waals surface area contributed by atoms with E-state index < -0.39 is 0 Å². The van der Waals surface area contributed by atoms with E-state index in [0.29, 0.717) is 11.6 Å². The highest BCUT2D eigenvalue weighted by Crippen LogP contribution is 2.16. The van der Waals surface area contributed by atoms with Crippen molar-refractivity contribution in [3.8, 4) is 6.07 Å². The molecule has 0 fully saturated rings. The van der Waals surface area contributed by atoms with Gasteiger partial charge < -0.3 is 5.32 Å². The Balaban J connectivity index is 2.51. The molecule has 1 rings (SSSR count). The number of unbranched alkanes of at least 4 members (excludes halogenated alkanes) is 1. The van der Waals surface area contributed by atoms with Crippen LogP contribution in [0.2, 0.25) is 0 Å². The minimum Gasteiger partial charge on any atom is -0.382 e. The Morgan fingerprint density at radius 1 is 1.47 bits per heavy atom. The van der Waals surface area contributed by atoms with E-state index in [1.807, 2.05) is 12.1 Å². The van der Waals surface area contributed by atoms with Gasteiger partial charge in [0.2, 0.25) is 0 Å². The van der Waals surface area contributed by atoms with Crippen molar-refractivity contribution < 1.29 is 0 Å². The second kappa shape index (κ2) is 7.67. The molecule has 1 atom stereocenters. The third-order valence-electron chi connectivity index (χ3n) is 3.04. The predicted octanol–water partition coefficient (Wildman–Crippen LogP) is 3.58. The van der Waals surface area contributed by atoms with Gasteiger partial charge in [0.05, 0.1) is 5.69 Å². The largest absolute Gasteiger partial charge is 0.382 e. The summed E-state index contributed by atoms with van der Waals surface area (Å²) in [5.74, 6) is 0.682. The SMILES string of the molecule is CCCCC(CC)CNc1cccnc1C#N. The van der Waals surface area contributed by atoms with Crippen LogP contribution in [0.5, 0.6) is 0 Å². The van der Waals surface area contributed by atoms with Gasteiger partial charge in [-0.05, 0) is 24.5 Å². The van der Waals surface area contributed by atoms with Crippen molar-refractivity contribution in [3.05, 3.63) is 24.0 Å². The summed E-state index contributed by atoms with van der Waals surface area (Å²) in [7, 11) is 0. The number of hydrogen-bond acceptors (Lipinski definition) is 3. The maximum absolute atomic E-state index is 8.93. The van der Waals surface area contributed by atoms with E-state index in [0.717, 1.165) is 12.2 Å². The molecular weight excluding hydrogens is 210 g/mol. The van der Waals surface area contributed by atoms with Crippen LogP contribution >= 0.6 is 0 Å². The van der Waals surface area contributed by atoms with Crippen LogP contribution < -0.4 is 5.32 Å². The fourth-order valence-corrected chi connectivity index (χ4v) is 1.83. The van der Waals surface area contributed by atoms with Crippen molar-refractivity contribution in [1.82, 2.24) is 4.98 Å². The Labute approximate surface area is 104 Å². The number of nitrogens with one attached hydrogen (secondary N) is 1. The number of nitriles is 1. The molecule has 0 aliphatic carbocycles. The molecule has 0 aliphatic rings. The molecule has 0 amide bonds. The third-order valence-corrected chi connectivity index (χ3v) is 3.04. The molecule has 0 aromatic carbocycles. The van der Waals surface area contributed by atoms with Crippen LogP contribution in [0.3, 0.4) is 0 Å². The van der Waals surface area contributed by atoms with Crippen molar-refractivity contribution in [2.75, 3.05) is 11.9 Å². The van der Waals surface area contributed by atoms with Crippen molar-refractivity contribution in [2.45, 2.75) is 39.5 Å². The molecule has 1 N–H and O–H groups in total. The molecule has 1 aromatic rings. The molecule has 3 nitrogen and oxygen atoms in total. The van der Waals surface area contributed by atoms with Gasteiger partial charge in [0.1, 0.15) is 6.07 Å². The van der Waals surface area contributed by atoms with Gasteiger partial charge >= 0.3 is 0 Å². The summed E-state index contributed by atoms with van der Waals surface area (Å²) >= 11 is 0. The maximum Gasteiger partial charge on any atom is 0.163 e. The predicted molar refractivity (Wildman–Crippen MR) is 70.7 cm³/mol. The van der Waals surface area contributed by atoms with Crippen LogP contribution in [0.4, 0.5) is 5.69 Å². The summed E-state index contributed by atoms with van der Waals surface area (Å²) in [5.41, 5.74) is 1.34.